The van der Waals surface area contributed by atoms with E-state index in [9.17, 15) is 8.42 Å². The van der Waals surface area contributed by atoms with Crippen LogP contribution in [0.3, 0.4) is 0 Å². The van der Waals surface area contributed by atoms with Crippen LogP contribution in [-0.4, -0.2) is 36.8 Å². The zero-order valence-electron chi connectivity index (χ0n) is 10.8. The Bertz CT molecular complexity index is 499. The molecule has 0 spiro atoms. The lowest BCUT2D eigenvalue weighted by molar-refractivity contribution is 0.408. The second-order valence-electron chi connectivity index (χ2n) is 4.52. The predicted molar refractivity (Wildman–Crippen MR) is 71.0 cm³/mol. The lowest BCUT2D eigenvalue weighted by atomic mass is 10.3. The van der Waals surface area contributed by atoms with E-state index in [2.05, 4.69) is 10.3 Å². The van der Waals surface area contributed by atoms with E-state index in [4.69, 9.17) is 0 Å². The number of rotatable bonds is 4. The number of sulfonamides is 1. The molecule has 1 fully saturated rings. The normalized spacial score (nSPS) is 21.1. The summed E-state index contributed by atoms with van der Waals surface area (Å²) in [5, 5.41) is 3.04. The second kappa shape index (κ2) is 5.24. The van der Waals surface area contributed by atoms with E-state index in [1.165, 1.54) is 6.20 Å². The number of hydrogen-bond acceptors (Lipinski definition) is 4. The summed E-state index contributed by atoms with van der Waals surface area (Å²) in [6.07, 6.45) is 3.30. The first-order chi connectivity index (χ1) is 8.55. The summed E-state index contributed by atoms with van der Waals surface area (Å²) in [5.74, 6) is 0.700. The molecule has 0 amide bonds. The first-order valence-corrected chi connectivity index (χ1v) is 7.71. The van der Waals surface area contributed by atoms with Gasteiger partial charge in [0.15, 0.2) is 0 Å². The summed E-state index contributed by atoms with van der Waals surface area (Å²) in [5.41, 5.74) is 0. The molecule has 1 aromatic rings. The van der Waals surface area contributed by atoms with Crippen LogP contribution in [0, 0.1) is 0 Å². The number of nitrogens with zero attached hydrogens (tertiary/aromatic N) is 2. The summed E-state index contributed by atoms with van der Waals surface area (Å²) in [4.78, 5) is 4.39. The Morgan fingerprint density at radius 2 is 2.28 bits per heavy atom. The Morgan fingerprint density at radius 1 is 1.50 bits per heavy atom. The Kier molecular flexibility index (Phi) is 3.87. The lowest BCUT2D eigenvalue weighted by Crippen LogP contribution is -2.33. The van der Waals surface area contributed by atoms with E-state index < -0.39 is 10.0 Å². The Hall–Kier alpha value is -1.14. The number of pyridine rings is 1. The van der Waals surface area contributed by atoms with Crippen molar-refractivity contribution in [1.82, 2.24) is 9.29 Å². The van der Waals surface area contributed by atoms with Gasteiger partial charge in [-0.2, -0.15) is 4.31 Å². The largest absolute Gasteiger partial charge is 0.370 e. The second-order valence-corrected chi connectivity index (χ2v) is 6.41. The quantitative estimate of drug-likeness (QED) is 0.903. The van der Waals surface area contributed by atoms with E-state index in [1.54, 1.807) is 16.4 Å². The summed E-state index contributed by atoms with van der Waals surface area (Å²) < 4.78 is 26.3. The van der Waals surface area contributed by atoms with E-state index in [1.807, 2.05) is 13.8 Å². The van der Waals surface area contributed by atoms with Crippen molar-refractivity contribution in [3.8, 4) is 0 Å². The van der Waals surface area contributed by atoms with Crippen molar-refractivity contribution in [3.05, 3.63) is 18.3 Å². The third kappa shape index (κ3) is 2.49. The van der Waals surface area contributed by atoms with Crippen LogP contribution >= 0.6 is 0 Å². The van der Waals surface area contributed by atoms with Crippen LogP contribution in [-0.2, 0) is 10.0 Å². The molecule has 6 heteroatoms. The van der Waals surface area contributed by atoms with Crippen LogP contribution in [0.5, 0.6) is 0 Å². The van der Waals surface area contributed by atoms with Gasteiger partial charge < -0.3 is 5.32 Å². The molecule has 5 nitrogen and oxygen atoms in total. The van der Waals surface area contributed by atoms with Gasteiger partial charge in [-0.05, 0) is 38.8 Å². The third-order valence-electron chi connectivity index (χ3n) is 3.19. The predicted octanol–water partition coefficient (Wildman–Crippen LogP) is 1.69. The van der Waals surface area contributed by atoms with E-state index >= 15 is 0 Å². The minimum Gasteiger partial charge on any atom is -0.370 e. The molecule has 1 N–H and O–H groups in total. The molecule has 2 rings (SSSR count). The van der Waals surface area contributed by atoms with E-state index in [-0.39, 0.29) is 10.9 Å². The van der Waals surface area contributed by atoms with Gasteiger partial charge in [0.25, 0.3) is 0 Å². The van der Waals surface area contributed by atoms with Crippen LogP contribution in [0.1, 0.15) is 26.7 Å². The molecule has 0 aromatic carbocycles. The fourth-order valence-electron chi connectivity index (χ4n) is 2.22. The van der Waals surface area contributed by atoms with Crippen molar-refractivity contribution >= 4 is 15.8 Å². The molecular weight excluding hydrogens is 250 g/mol. The number of aromatic nitrogens is 1. The SMILES string of the molecule is CCNc1ccc(S(=O)(=O)N2CCCC2C)cn1. The molecule has 0 bridgehead atoms. The molecule has 18 heavy (non-hydrogen) atoms. The van der Waals surface area contributed by atoms with Crippen molar-refractivity contribution in [1.29, 1.82) is 0 Å². The highest BCUT2D eigenvalue weighted by Crippen LogP contribution is 2.25. The highest BCUT2D eigenvalue weighted by atomic mass is 32.2. The molecule has 1 aliphatic rings. The van der Waals surface area contributed by atoms with Crippen molar-refractivity contribution in [2.45, 2.75) is 37.6 Å². The Balaban J connectivity index is 2.24. The van der Waals surface area contributed by atoms with Gasteiger partial charge in [0.2, 0.25) is 10.0 Å². The van der Waals surface area contributed by atoms with Crippen LogP contribution in [0.25, 0.3) is 0 Å². The zero-order chi connectivity index (χ0) is 13.2. The van der Waals surface area contributed by atoms with Gasteiger partial charge in [-0.3, -0.25) is 0 Å². The summed E-state index contributed by atoms with van der Waals surface area (Å²) in [6, 6.07) is 3.41. The van der Waals surface area contributed by atoms with Gasteiger partial charge in [-0.25, -0.2) is 13.4 Å². The fourth-order valence-corrected chi connectivity index (χ4v) is 3.86. The van der Waals surface area contributed by atoms with Crippen LogP contribution in [0.2, 0.25) is 0 Å². The molecule has 1 aliphatic heterocycles. The van der Waals surface area contributed by atoms with Crippen LogP contribution < -0.4 is 5.32 Å². The summed E-state index contributed by atoms with van der Waals surface area (Å²) in [7, 11) is -3.38. The van der Waals surface area contributed by atoms with Gasteiger partial charge >= 0.3 is 0 Å². The minimum absolute atomic E-state index is 0.0865. The molecule has 0 radical (unpaired) electrons. The number of anilines is 1. The molecular formula is C12H19N3O2S. The molecule has 0 aliphatic carbocycles. The van der Waals surface area contributed by atoms with Crippen molar-refractivity contribution in [2.75, 3.05) is 18.4 Å². The molecule has 1 aromatic heterocycles. The Labute approximate surface area is 108 Å². The minimum atomic E-state index is -3.38. The first kappa shape index (κ1) is 13.3. The maximum absolute atomic E-state index is 12.4. The van der Waals surface area contributed by atoms with E-state index in [0.717, 1.165) is 19.4 Å². The van der Waals surface area contributed by atoms with Gasteiger partial charge in [0.05, 0.1) is 0 Å². The van der Waals surface area contributed by atoms with Gasteiger partial charge in [-0.1, -0.05) is 0 Å². The third-order valence-corrected chi connectivity index (χ3v) is 5.19. The van der Waals surface area contributed by atoms with Crippen molar-refractivity contribution < 1.29 is 8.42 Å². The smallest absolute Gasteiger partial charge is 0.244 e. The van der Waals surface area contributed by atoms with Crippen LogP contribution in [0.15, 0.2) is 23.2 Å². The average molecular weight is 269 g/mol. The standard InChI is InChI=1S/C12H19N3O2S/c1-3-13-12-7-6-11(9-14-12)18(16,17)15-8-4-5-10(15)2/h6-7,9-10H,3-5,8H2,1-2H3,(H,13,14). The summed E-state index contributed by atoms with van der Waals surface area (Å²) >= 11 is 0. The molecule has 2 heterocycles. The number of hydrogen-bond donors (Lipinski definition) is 1. The average Bonchev–Trinajstić information content (AvgIpc) is 2.77. The lowest BCUT2D eigenvalue weighted by Gasteiger charge is -2.20. The maximum Gasteiger partial charge on any atom is 0.244 e. The monoisotopic (exact) mass is 269 g/mol. The Morgan fingerprint density at radius 3 is 2.78 bits per heavy atom. The zero-order valence-corrected chi connectivity index (χ0v) is 11.6. The molecule has 0 saturated carbocycles. The highest BCUT2D eigenvalue weighted by Gasteiger charge is 2.32. The molecule has 100 valence electrons. The first-order valence-electron chi connectivity index (χ1n) is 6.27. The fraction of sp³-hybridized carbons (Fsp3) is 0.583. The van der Waals surface area contributed by atoms with E-state index in [0.29, 0.717) is 12.4 Å². The molecule has 1 saturated heterocycles. The van der Waals surface area contributed by atoms with Gasteiger partial charge in [0.1, 0.15) is 10.7 Å². The van der Waals surface area contributed by atoms with Gasteiger partial charge in [-0.15, -0.1) is 0 Å². The maximum atomic E-state index is 12.4. The van der Waals surface area contributed by atoms with Crippen molar-refractivity contribution in [2.24, 2.45) is 0 Å². The highest BCUT2D eigenvalue weighted by molar-refractivity contribution is 7.89. The van der Waals surface area contributed by atoms with Gasteiger partial charge in [0, 0.05) is 25.3 Å². The van der Waals surface area contributed by atoms with Crippen molar-refractivity contribution in [3.63, 3.8) is 0 Å². The molecule has 1 atom stereocenters. The molecule has 1 unspecified atom stereocenters. The number of nitrogens with one attached hydrogen (secondary N) is 1. The topological polar surface area (TPSA) is 62.3 Å². The summed E-state index contributed by atoms with van der Waals surface area (Å²) in [6.45, 7) is 5.30. The van der Waals surface area contributed by atoms with Crippen LogP contribution in [0.4, 0.5) is 5.82 Å².